The number of carbonyl (C=O) groups is 5. The molecule has 0 bridgehead atoms. The Balaban J connectivity index is 1.41. The van der Waals surface area contributed by atoms with Gasteiger partial charge in [0.2, 0.25) is 17.6 Å². The maximum absolute atomic E-state index is 13.7. The number of hydrogen-bond acceptors (Lipinski definition) is 7. The van der Waals surface area contributed by atoms with Gasteiger partial charge in [-0.2, -0.15) is 16.6 Å². The number of aromatic nitrogens is 1. The Morgan fingerprint density at radius 3 is 2.64 bits per heavy atom. The van der Waals surface area contributed by atoms with E-state index >= 15 is 0 Å². The first-order valence-corrected chi connectivity index (χ1v) is 16.2. The number of rotatable bonds is 15. The smallest absolute Gasteiger partial charge is 0.329 e. The van der Waals surface area contributed by atoms with Crippen LogP contribution >= 0.6 is 11.8 Å². The lowest BCUT2D eigenvalue weighted by molar-refractivity contribution is -0.159. The molecule has 14 heteroatoms. The number of amides is 4. The number of Topliss-reactive ketones (excluding diaryl/α,β-unsaturated/α-hetero) is 1. The van der Waals surface area contributed by atoms with Gasteiger partial charge in [-0.15, -0.1) is 0 Å². The first-order chi connectivity index (χ1) is 21.4. The van der Waals surface area contributed by atoms with Crippen LogP contribution in [-0.2, 0) is 30.3 Å². The van der Waals surface area contributed by atoms with Crippen molar-refractivity contribution < 1.29 is 33.5 Å². The predicted octanol–water partition coefficient (Wildman–Crippen LogP) is 2.40. The van der Waals surface area contributed by atoms with E-state index in [1.54, 1.807) is 27.0 Å². The molecule has 13 nitrogen and oxygen atoms in total. The molecule has 2 aliphatic rings. The molecular formula is C31H41N7O6S. The molecule has 0 saturated carbocycles. The summed E-state index contributed by atoms with van der Waals surface area (Å²) in [6, 6.07) is 5.54. The molecule has 45 heavy (non-hydrogen) atoms. The number of carbonyl (C=O) groups excluding carboxylic acids is 5. The van der Waals surface area contributed by atoms with Gasteiger partial charge in [-0.05, 0) is 51.7 Å². The Morgan fingerprint density at radius 2 is 1.89 bits per heavy atom. The van der Waals surface area contributed by atoms with Gasteiger partial charge in [-0.25, -0.2) is 9.59 Å². The summed E-state index contributed by atoms with van der Waals surface area (Å²) in [5, 5.41) is 12.7. The van der Waals surface area contributed by atoms with E-state index in [1.165, 1.54) is 0 Å². The number of esters is 1. The summed E-state index contributed by atoms with van der Waals surface area (Å²) in [5.74, 6) is -1.27. The van der Waals surface area contributed by atoms with Crippen molar-refractivity contribution in [1.29, 1.82) is 0 Å². The highest BCUT2D eigenvalue weighted by molar-refractivity contribution is 8.00. The molecule has 5 atom stereocenters. The van der Waals surface area contributed by atoms with Crippen LogP contribution in [0, 0.1) is 0 Å². The average Bonchev–Trinajstić information content (AvgIpc) is 3.66. The van der Waals surface area contributed by atoms with Crippen LogP contribution in [0.3, 0.4) is 0 Å². The van der Waals surface area contributed by atoms with E-state index in [9.17, 15) is 24.0 Å². The lowest BCUT2D eigenvalue weighted by atomic mass is 10.0. The van der Waals surface area contributed by atoms with Crippen LogP contribution in [0.4, 0.5) is 4.79 Å². The predicted molar refractivity (Wildman–Crippen MR) is 170 cm³/mol. The van der Waals surface area contributed by atoms with Gasteiger partial charge in [0.1, 0.15) is 17.7 Å². The minimum absolute atomic E-state index is 0.0870. The number of H-pyrrole nitrogens is 1. The molecule has 0 unspecified atom stereocenters. The second-order valence-corrected chi connectivity index (χ2v) is 13.7. The van der Waals surface area contributed by atoms with Crippen LogP contribution in [0.25, 0.3) is 16.4 Å². The second kappa shape index (κ2) is 15.2. The molecule has 2 saturated heterocycles. The van der Waals surface area contributed by atoms with E-state index in [0.29, 0.717) is 6.42 Å². The monoisotopic (exact) mass is 639 g/mol. The standard InChI is InChI=1S/C31H41N7O6S/c1-31(2,3)44-29(42)22(13-12-19(39)16-34-32)36-28(41)23(14-18-15-33-21-9-5-4-8-20(18)21)35-26(40)11-7-6-10-25-27-24(17-45-25)37-30(43)38-27/h4-5,8-9,15-16,22-25,27,33H,6-7,10-14,17H2,1-3H3,(H,35,40)(H,36,41)(H2,37,38,43)/t22-,23-,24+,25-,27+/m0/s1. The third-order valence-corrected chi connectivity index (χ3v) is 9.23. The first kappa shape index (κ1) is 33.7. The maximum Gasteiger partial charge on any atom is 0.329 e. The number of nitrogens with one attached hydrogen (secondary N) is 5. The molecule has 2 fully saturated rings. The SMILES string of the molecule is CC(C)(C)OC(=O)[C@H](CCC(=O)C=[N+]=[N-])NC(=O)[C@H](Cc1c[nH]c2ccccc12)NC(=O)CCCC[C@@H]1SC[C@H]2NC(=O)N[C@@H]12. The summed E-state index contributed by atoms with van der Waals surface area (Å²) in [4.78, 5) is 69.4. The van der Waals surface area contributed by atoms with E-state index in [4.69, 9.17) is 10.3 Å². The molecule has 0 spiro atoms. The fraction of sp³-hybridized carbons (Fsp3) is 0.548. The van der Waals surface area contributed by atoms with Gasteiger partial charge in [0.25, 0.3) is 0 Å². The number of aromatic amines is 1. The van der Waals surface area contributed by atoms with Gasteiger partial charge >= 0.3 is 18.2 Å². The van der Waals surface area contributed by atoms with Crippen molar-refractivity contribution in [2.75, 3.05) is 5.75 Å². The fourth-order valence-electron chi connectivity index (χ4n) is 5.58. The minimum atomic E-state index is -1.17. The van der Waals surface area contributed by atoms with E-state index in [2.05, 4.69) is 31.0 Å². The van der Waals surface area contributed by atoms with Crippen molar-refractivity contribution >= 4 is 58.5 Å². The van der Waals surface area contributed by atoms with Crippen molar-refractivity contribution in [2.45, 2.75) is 101 Å². The number of ketones is 1. The van der Waals surface area contributed by atoms with Crippen LogP contribution in [0.2, 0.25) is 0 Å². The lowest BCUT2D eigenvalue weighted by Crippen LogP contribution is -2.53. The molecule has 4 amide bonds. The van der Waals surface area contributed by atoms with E-state index < -0.39 is 35.3 Å². The minimum Gasteiger partial charge on any atom is -0.458 e. The molecule has 1 aromatic carbocycles. The van der Waals surface area contributed by atoms with Crippen molar-refractivity contribution in [1.82, 2.24) is 26.3 Å². The molecule has 2 aliphatic heterocycles. The van der Waals surface area contributed by atoms with Crippen LogP contribution in [-0.4, -0.2) is 86.4 Å². The Hall–Kier alpha value is -4.16. The van der Waals surface area contributed by atoms with Gasteiger partial charge in [0.05, 0.1) is 12.1 Å². The zero-order chi connectivity index (χ0) is 32.6. The lowest BCUT2D eigenvalue weighted by Gasteiger charge is -2.26. The number of nitrogens with zero attached hydrogens (tertiary/aromatic N) is 2. The highest BCUT2D eigenvalue weighted by Gasteiger charge is 2.42. The van der Waals surface area contributed by atoms with Gasteiger partial charge < -0.3 is 36.5 Å². The molecule has 2 aromatic rings. The van der Waals surface area contributed by atoms with Crippen LogP contribution in [0.1, 0.15) is 64.9 Å². The number of urea groups is 1. The largest absolute Gasteiger partial charge is 0.458 e. The van der Waals surface area contributed by atoms with Crippen molar-refractivity contribution in [2.24, 2.45) is 0 Å². The van der Waals surface area contributed by atoms with Crippen molar-refractivity contribution in [3.05, 3.63) is 41.6 Å². The highest BCUT2D eigenvalue weighted by Crippen LogP contribution is 2.33. The summed E-state index contributed by atoms with van der Waals surface area (Å²) < 4.78 is 5.49. The van der Waals surface area contributed by atoms with Crippen LogP contribution in [0.5, 0.6) is 0 Å². The number of fused-ring (bicyclic) bond motifs is 2. The highest BCUT2D eigenvalue weighted by atomic mass is 32.2. The molecule has 4 rings (SSSR count). The summed E-state index contributed by atoms with van der Waals surface area (Å²) in [6.07, 6.45) is 4.89. The van der Waals surface area contributed by atoms with Gasteiger partial charge in [0.15, 0.2) is 0 Å². The van der Waals surface area contributed by atoms with Gasteiger partial charge in [-0.1, -0.05) is 24.6 Å². The Kier molecular flexibility index (Phi) is 11.4. The van der Waals surface area contributed by atoms with Gasteiger partial charge in [0, 0.05) is 47.4 Å². The van der Waals surface area contributed by atoms with Crippen molar-refractivity contribution in [3.8, 4) is 0 Å². The third-order valence-electron chi connectivity index (χ3n) is 7.72. The van der Waals surface area contributed by atoms with E-state index in [-0.39, 0.29) is 55.0 Å². The number of thioether (sulfide) groups is 1. The number of hydrogen-bond donors (Lipinski definition) is 5. The topological polar surface area (TPSA) is 195 Å². The zero-order valence-corrected chi connectivity index (χ0v) is 26.6. The quantitative estimate of drug-likeness (QED) is 0.0493. The summed E-state index contributed by atoms with van der Waals surface area (Å²) in [6.45, 7) is 5.08. The van der Waals surface area contributed by atoms with E-state index in [0.717, 1.165) is 41.3 Å². The molecule has 242 valence electrons. The summed E-state index contributed by atoms with van der Waals surface area (Å²) >= 11 is 1.82. The van der Waals surface area contributed by atoms with Gasteiger partial charge in [-0.3, -0.25) is 14.4 Å². The number of para-hydroxylation sites is 1. The molecule has 1 aromatic heterocycles. The summed E-state index contributed by atoms with van der Waals surface area (Å²) in [5.41, 5.74) is 9.52. The molecular weight excluding hydrogens is 598 g/mol. The maximum atomic E-state index is 13.7. The second-order valence-electron chi connectivity index (χ2n) is 12.4. The third kappa shape index (κ3) is 9.66. The Labute approximate surface area is 266 Å². The number of ether oxygens (including phenoxy) is 1. The Morgan fingerprint density at radius 1 is 1.11 bits per heavy atom. The van der Waals surface area contributed by atoms with Crippen molar-refractivity contribution in [3.63, 3.8) is 0 Å². The first-order valence-electron chi connectivity index (χ1n) is 15.2. The number of unbranched alkanes of at least 4 members (excludes halogenated alkanes) is 1. The normalized spacial score (nSPS) is 20.2. The fourth-order valence-corrected chi connectivity index (χ4v) is 7.12. The molecule has 3 heterocycles. The summed E-state index contributed by atoms with van der Waals surface area (Å²) in [7, 11) is 0. The molecule has 0 aliphatic carbocycles. The number of benzene rings is 1. The average molecular weight is 640 g/mol. The van der Waals surface area contributed by atoms with E-state index in [1.807, 2.05) is 36.0 Å². The molecule has 5 N–H and O–H groups in total. The zero-order valence-electron chi connectivity index (χ0n) is 25.8. The Bertz CT molecular complexity index is 1460. The van der Waals surface area contributed by atoms with Crippen LogP contribution in [0.15, 0.2) is 30.5 Å². The van der Waals surface area contributed by atoms with Crippen LogP contribution < -0.4 is 21.3 Å². The molecule has 0 radical (unpaired) electrons.